The van der Waals surface area contributed by atoms with Gasteiger partial charge in [-0.15, -0.1) is 0 Å². The first-order valence-corrected chi connectivity index (χ1v) is 5.65. The van der Waals surface area contributed by atoms with Crippen LogP contribution in [0.5, 0.6) is 0 Å². The van der Waals surface area contributed by atoms with E-state index >= 15 is 0 Å². The molecule has 1 aliphatic heterocycles. The van der Waals surface area contributed by atoms with Crippen molar-refractivity contribution in [3.63, 3.8) is 0 Å². The van der Waals surface area contributed by atoms with E-state index in [1.54, 1.807) is 0 Å². The van der Waals surface area contributed by atoms with Gasteiger partial charge in [0.1, 0.15) is 12.2 Å². The van der Waals surface area contributed by atoms with Crippen molar-refractivity contribution in [3.05, 3.63) is 47.0 Å². The van der Waals surface area contributed by atoms with Gasteiger partial charge in [-0.05, 0) is 18.2 Å². The summed E-state index contributed by atoms with van der Waals surface area (Å²) in [4.78, 5) is 40.0. The fraction of sp³-hybridized carbons (Fsp3) is 0.0833. The van der Waals surface area contributed by atoms with E-state index in [4.69, 9.17) is 5.11 Å². The van der Waals surface area contributed by atoms with Crippen LogP contribution in [0, 0.1) is 0 Å². The van der Waals surface area contributed by atoms with Gasteiger partial charge in [0.05, 0.1) is 23.2 Å². The lowest BCUT2D eigenvalue weighted by molar-refractivity contribution is 0.0637. The number of hydrogen-bond acceptors (Lipinski definition) is 5. The highest BCUT2D eigenvalue weighted by Gasteiger charge is 2.36. The van der Waals surface area contributed by atoms with Crippen LogP contribution in [-0.4, -0.2) is 43.0 Å². The van der Waals surface area contributed by atoms with Crippen molar-refractivity contribution >= 4 is 17.8 Å². The molecule has 2 amide bonds. The van der Waals surface area contributed by atoms with Crippen molar-refractivity contribution in [1.82, 2.24) is 20.1 Å². The number of rotatable bonds is 3. The SMILES string of the molecule is O=C(O)c1ccc2c(c1)C(=O)N(Cc1ncn[nH]1)C2=O. The molecule has 1 aromatic carbocycles. The molecular weight excluding hydrogens is 264 g/mol. The first-order valence-electron chi connectivity index (χ1n) is 5.65. The number of imide groups is 1. The number of fused-ring (bicyclic) bond motifs is 1. The minimum Gasteiger partial charge on any atom is -0.478 e. The van der Waals surface area contributed by atoms with Crippen LogP contribution in [-0.2, 0) is 6.54 Å². The molecule has 0 spiro atoms. The molecule has 2 heterocycles. The summed E-state index contributed by atoms with van der Waals surface area (Å²) in [6.07, 6.45) is 1.27. The number of carboxylic acid groups (broad SMARTS) is 1. The molecule has 2 N–H and O–H groups in total. The number of carbonyl (C=O) groups excluding carboxylic acids is 2. The average molecular weight is 272 g/mol. The van der Waals surface area contributed by atoms with E-state index in [-0.39, 0.29) is 23.2 Å². The van der Waals surface area contributed by atoms with Crippen molar-refractivity contribution in [2.24, 2.45) is 0 Å². The molecule has 0 unspecified atom stereocenters. The summed E-state index contributed by atoms with van der Waals surface area (Å²) < 4.78 is 0. The Labute approximate surface area is 112 Å². The Kier molecular flexibility index (Phi) is 2.56. The van der Waals surface area contributed by atoms with Crippen molar-refractivity contribution in [3.8, 4) is 0 Å². The molecule has 1 aliphatic rings. The van der Waals surface area contributed by atoms with E-state index in [1.807, 2.05) is 0 Å². The van der Waals surface area contributed by atoms with Gasteiger partial charge in [0.15, 0.2) is 0 Å². The van der Waals surface area contributed by atoms with Crippen LogP contribution in [0.1, 0.15) is 36.9 Å². The first kappa shape index (κ1) is 12.0. The topological polar surface area (TPSA) is 116 Å². The third-order valence-electron chi connectivity index (χ3n) is 2.99. The first-order chi connectivity index (χ1) is 9.58. The molecular formula is C12H8N4O4. The highest BCUT2D eigenvalue weighted by atomic mass is 16.4. The Morgan fingerprint density at radius 3 is 2.65 bits per heavy atom. The molecule has 3 rings (SSSR count). The summed E-state index contributed by atoms with van der Waals surface area (Å²) in [6.45, 7) is -0.0330. The molecule has 0 saturated heterocycles. The predicted octanol–water partition coefficient (Wildman–Crippen LogP) is 0.299. The molecule has 8 nitrogen and oxygen atoms in total. The maximum Gasteiger partial charge on any atom is 0.335 e. The number of aromatic amines is 1. The van der Waals surface area contributed by atoms with E-state index in [0.717, 1.165) is 4.90 Å². The van der Waals surface area contributed by atoms with Crippen LogP contribution in [0.3, 0.4) is 0 Å². The Balaban J connectivity index is 1.97. The monoisotopic (exact) mass is 272 g/mol. The lowest BCUT2D eigenvalue weighted by Crippen LogP contribution is -2.29. The molecule has 20 heavy (non-hydrogen) atoms. The third kappa shape index (κ3) is 1.74. The van der Waals surface area contributed by atoms with Crippen LogP contribution in [0.25, 0.3) is 0 Å². The summed E-state index contributed by atoms with van der Waals surface area (Å²) in [6, 6.07) is 3.85. The van der Waals surface area contributed by atoms with Gasteiger partial charge in [0.2, 0.25) is 0 Å². The largest absolute Gasteiger partial charge is 0.478 e. The number of nitrogens with zero attached hydrogens (tertiary/aromatic N) is 3. The Bertz CT molecular complexity index is 723. The number of aromatic carboxylic acids is 1. The number of carbonyl (C=O) groups is 3. The standard InChI is InChI=1S/C12H8N4O4/c17-10-7-2-1-6(12(19)20)3-8(7)11(18)16(10)4-9-13-5-14-15-9/h1-3,5H,4H2,(H,19,20)(H,13,14,15). The maximum atomic E-state index is 12.2. The lowest BCUT2D eigenvalue weighted by atomic mass is 10.1. The van der Waals surface area contributed by atoms with E-state index in [9.17, 15) is 14.4 Å². The Morgan fingerprint density at radius 2 is 2.00 bits per heavy atom. The van der Waals surface area contributed by atoms with Crippen LogP contribution in [0.2, 0.25) is 0 Å². The fourth-order valence-corrected chi connectivity index (χ4v) is 2.02. The Hall–Kier alpha value is -3.03. The summed E-state index contributed by atoms with van der Waals surface area (Å²) in [5, 5.41) is 15.1. The van der Waals surface area contributed by atoms with Crippen molar-refractivity contribution in [1.29, 1.82) is 0 Å². The zero-order valence-corrected chi connectivity index (χ0v) is 10.0. The molecule has 1 aromatic heterocycles. The molecule has 0 fully saturated rings. The second kappa shape index (κ2) is 4.26. The van der Waals surface area contributed by atoms with Gasteiger partial charge in [-0.1, -0.05) is 0 Å². The van der Waals surface area contributed by atoms with Crippen LogP contribution in [0.15, 0.2) is 24.5 Å². The van der Waals surface area contributed by atoms with Gasteiger partial charge in [0.25, 0.3) is 11.8 Å². The average Bonchev–Trinajstić information content (AvgIpc) is 3.02. The summed E-state index contributed by atoms with van der Waals surface area (Å²) in [5.41, 5.74) is 0.250. The van der Waals surface area contributed by atoms with Gasteiger partial charge >= 0.3 is 5.97 Å². The Morgan fingerprint density at radius 1 is 1.25 bits per heavy atom. The van der Waals surface area contributed by atoms with E-state index < -0.39 is 17.8 Å². The molecule has 0 radical (unpaired) electrons. The molecule has 0 atom stereocenters. The van der Waals surface area contributed by atoms with E-state index in [2.05, 4.69) is 15.2 Å². The van der Waals surface area contributed by atoms with Gasteiger partial charge < -0.3 is 5.11 Å². The smallest absolute Gasteiger partial charge is 0.335 e. The van der Waals surface area contributed by atoms with Crippen LogP contribution in [0.4, 0.5) is 0 Å². The molecule has 0 bridgehead atoms. The van der Waals surface area contributed by atoms with Crippen LogP contribution >= 0.6 is 0 Å². The molecule has 0 saturated carbocycles. The second-order valence-electron chi connectivity index (χ2n) is 4.19. The summed E-state index contributed by atoms with van der Waals surface area (Å²) >= 11 is 0. The van der Waals surface area contributed by atoms with Crippen molar-refractivity contribution in [2.45, 2.75) is 6.54 Å². The van der Waals surface area contributed by atoms with E-state index in [1.165, 1.54) is 24.5 Å². The zero-order valence-electron chi connectivity index (χ0n) is 10.0. The fourth-order valence-electron chi connectivity index (χ4n) is 2.02. The number of nitrogens with one attached hydrogen (secondary N) is 1. The number of benzene rings is 1. The minimum atomic E-state index is -1.15. The molecule has 0 aliphatic carbocycles. The number of H-pyrrole nitrogens is 1. The normalized spacial score (nSPS) is 13.7. The van der Waals surface area contributed by atoms with Gasteiger partial charge in [-0.3, -0.25) is 19.6 Å². The quantitative estimate of drug-likeness (QED) is 0.776. The minimum absolute atomic E-state index is 0.0330. The van der Waals surface area contributed by atoms with E-state index in [0.29, 0.717) is 5.82 Å². The zero-order chi connectivity index (χ0) is 14.3. The van der Waals surface area contributed by atoms with Crippen molar-refractivity contribution in [2.75, 3.05) is 0 Å². The molecule has 2 aromatic rings. The van der Waals surface area contributed by atoms with Crippen molar-refractivity contribution < 1.29 is 19.5 Å². The number of amides is 2. The second-order valence-corrected chi connectivity index (χ2v) is 4.19. The summed E-state index contributed by atoms with van der Waals surface area (Å²) in [5.74, 6) is -1.79. The maximum absolute atomic E-state index is 12.2. The number of hydrogen-bond donors (Lipinski definition) is 2. The van der Waals surface area contributed by atoms with Gasteiger partial charge in [0, 0.05) is 0 Å². The number of carboxylic acids is 1. The summed E-state index contributed by atoms with van der Waals surface area (Å²) in [7, 11) is 0. The van der Waals surface area contributed by atoms with Gasteiger partial charge in [-0.2, -0.15) is 5.10 Å². The lowest BCUT2D eigenvalue weighted by Gasteiger charge is -2.10. The highest BCUT2D eigenvalue weighted by Crippen LogP contribution is 2.25. The molecule has 100 valence electrons. The van der Waals surface area contributed by atoms with Gasteiger partial charge in [-0.25, -0.2) is 9.78 Å². The highest BCUT2D eigenvalue weighted by molar-refractivity contribution is 6.21. The molecule has 8 heteroatoms. The number of aromatic nitrogens is 3. The predicted molar refractivity (Wildman–Crippen MR) is 64.0 cm³/mol. The van der Waals surface area contributed by atoms with Crippen LogP contribution < -0.4 is 0 Å². The third-order valence-corrected chi connectivity index (χ3v) is 2.99.